The van der Waals surface area contributed by atoms with Gasteiger partial charge in [-0.2, -0.15) is 0 Å². The zero-order chi connectivity index (χ0) is 20.8. The Balaban J connectivity index is 2.23. The van der Waals surface area contributed by atoms with Crippen molar-refractivity contribution < 1.29 is 14.3 Å². The van der Waals surface area contributed by atoms with Crippen LogP contribution in [0.15, 0.2) is 40.7 Å². The summed E-state index contributed by atoms with van der Waals surface area (Å²) in [6, 6.07) is 5.29. The van der Waals surface area contributed by atoms with Gasteiger partial charge < -0.3 is 10.1 Å². The zero-order valence-electron chi connectivity index (χ0n) is 16.8. The number of halogens is 2. The lowest BCUT2D eigenvalue weighted by Gasteiger charge is -2.39. The minimum absolute atomic E-state index is 0.0159. The van der Waals surface area contributed by atoms with Gasteiger partial charge >= 0.3 is 5.97 Å². The highest BCUT2D eigenvalue weighted by Crippen LogP contribution is 2.48. The SMILES string of the molecule is CC1=C(C(=O)OC(C)C)C(c2cccc(Cl)c2Cl)C2=C(CC(C)(C)CC2=O)N1. The molecule has 1 aromatic carbocycles. The summed E-state index contributed by atoms with van der Waals surface area (Å²) < 4.78 is 5.49. The number of carbonyl (C=O) groups excluding carboxylic acids is 2. The van der Waals surface area contributed by atoms with Crippen molar-refractivity contribution in [1.29, 1.82) is 0 Å². The van der Waals surface area contributed by atoms with E-state index in [4.69, 9.17) is 27.9 Å². The number of nitrogens with one attached hydrogen (secondary N) is 1. The van der Waals surface area contributed by atoms with Crippen LogP contribution in [0.2, 0.25) is 10.0 Å². The maximum absolute atomic E-state index is 13.2. The molecule has 28 heavy (non-hydrogen) atoms. The second-order valence-electron chi connectivity index (χ2n) is 8.53. The van der Waals surface area contributed by atoms with Gasteiger partial charge in [-0.05, 0) is 44.2 Å². The molecular formula is C22H25Cl2NO3. The third kappa shape index (κ3) is 3.85. The molecule has 1 aromatic rings. The van der Waals surface area contributed by atoms with E-state index in [-0.39, 0.29) is 17.3 Å². The van der Waals surface area contributed by atoms with Gasteiger partial charge in [0.2, 0.25) is 0 Å². The van der Waals surface area contributed by atoms with Crippen molar-refractivity contribution >= 4 is 35.0 Å². The number of carbonyl (C=O) groups is 2. The van der Waals surface area contributed by atoms with Crippen LogP contribution < -0.4 is 5.32 Å². The highest BCUT2D eigenvalue weighted by molar-refractivity contribution is 6.42. The first kappa shape index (κ1) is 20.9. The van der Waals surface area contributed by atoms with Crippen LogP contribution in [-0.2, 0) is 14.3 Å². The number of benzene rings is 1. The summed E-state index contributed by atoms with van der Waals surface area (Å²) in [5, 5.41) is 4.04. The van der Waals surface area contributed by atoms with E-state index in [9.17, 15) is 9.59 Å². The molecule has 4 nitrogen and oxygen atoms in total. The monoisotopic (exact) mass is 421 g/mol. The predicted molar refractivity (Wildman–Crippen MR) is 111 cm³/mol. The van der Waals surface area contributed by atoms with Gasteiger partial charge in [0.25, 0.3) is 0 Å². The molecule has 0 spiro atoms. The summed E-state index contributed by atoms with van der Waals surface area (Å²) in [6.07, 6.45) is 0.847. The molecule has 6 heteroatoms. The molecule has 150 valence electrons. The quantitative estimate of drug-likeness (QED) is 0.649. The number of hydrogen-bond acceptors (Lipinski definition) is 4. The number of rotatable bonds is 3. The minimum Gasteiger partial charge on any atom is -0.460 e. The molecule has 0 saturated carbocycles. The van der Waals surface area contributed by atoms with Crippen LogP contribution in [0, 0.1) is 5.41 Å². The molecular weight excluding hydrogens is 397 g/mol. The highest BCUT2D eigenvalue weighted by Gasteiger charge is 2.43. The third-order valence-corrected chi connectivity index (χ3v) is 5.93. The van der Waals surface area contributed by atoms with E-state index < -0.39 is 11.9 Å². The first-order valence-corrected chi connectivity index (χ1v) is 10.2. The van der Waals surface area contributed by atoms with Crippen molar-refractivity contribution in [1.82, 2.24) is 5.32 Å². The van der Waals surface area contributed by atoms with E-state index >= 15 is 0 Å². The first-order chi connectivity index (χ1) is 13.0. The lowest BCUT2D eigenvalue weighted by atomic mass is 9.68. The molecule has 0 fully saturated rings. The van der Waals surface area contributed by atoms with Crippen LogP contribution in [0.1, 0.15) is 58.9 Å². The van der Waals surface area contributed by atoms with E-state index in [1.807, 2.05) is 13.0 Å². The Labute approximate surface area is 175 Å². The Kier molecular flexibility index (Phi) is 5.66. The van der Waals surface area contributed by atoms with E-state index in [1.165, 1.54) is 0 Å². The van der Waals surface area contributed by atoms with Gasteiger partial charge in [0, 0.05) is 29.3 Å². The lowest BCUT2D eigenvalue weighted by Crippen LogP contribution is -2.39. The summed E-state index contributed by atoms with van der Waals surface area (Å²) in [6.45, 7) is 9.56. The number of esters is 1. The Morgan fingerprint density at radius 2 is 1.93 bits per heavy atom. The Morgan fingerprint density at radius 3 is 2.57 bits per heavy atom. The molecule has 1 aliphatic heterocycles. The van der Waals surface area contributed by atoms with Gasteiger partial charge in [0.15, 0.2) is 5.78 Å². The molecule has 0 aromatic heterocycles. The molecule has 1 unspecified atom stereocenters. The van der Waals surface area contributed by atoms with E-state index in [0.29, 0.717) is 45.3 Å². The number of allylic oxidation sites excluding steroid dienone is 3. The first-order valence-electron chi connectivity index (χ1n) is 9.40. The number of ketones is 1. The number of ether oxygens (including phenoxy) is 1. The van der Waals surface area contributed by atoms with Crippen LogP contribution in [0.5, 0.6) is 0 Å². The van der Waals surface area contributed by atoms with Crippen LogP contribution in [0.4, 0.5) is 0 Å². The average Bonchev–Trinajstić information content (AvgIpc) is 2.54. The molecule has 0 amide bonds. The summed E-state index contributed by atoms with van der Waals surface area (Å²) in [4.78, 5) is 26.1. The van der Waals surface area contributed by atoms with Crippen molar-refractivity contribution in [2.45, 2.75) is 59.5 Å². The molecule has 3 rings (SSSR count). The van der Waals surface area contributed by atoms with Crippen LogP contribution >= 0.6 is 23.2 Å². The van der Waals surface area contributed by atoms with E-state index in [1.54, 1.807) is 26.0 Å². The summed E-state index contributed by atoms with van der Waals surface area (Å²) in [5.74, 6) is -1.04. The smallest absolute Gasteiger partial charge is 0.337 e. The maximum atomic E-state index is 13.2. The largest absolute Gasteiger partial charge is 0.460 e. The van der Waals surface area contributed by atoms with Gasteiger partial charge in [-0.3, -0.25) is 4.79 Å². The summed E-state index contributed by atoms with van der Waals surface area (Å²) >= 11 is 12.8. The third-order valence-electron chi connectivity index (χ3n) is 5.09. The maximum Gasteiger partial charge on any atom is 0.337 e. The van der Waals surface area contributed by atoms with Crippen molar-refractivity contribution in [2.75, 3.05) is 0 Å². The van der Waals surface area contributed by atoms with Gasteiger partial charge in [0.1, 0.15) is 0 Å². The van der Waals surface area contributed by atoms with E-state index in [2.05, 4.69) is 19.2 Å². The zero-order valence-corrected chi connectivity index (χ0v) is 18.3. The van der Waals surface area contributed by atoms with Crippen LogP contribution in [0.3, 0.4) is 0 Å². The fourth-order valence-corrected chi connectivity index (χ4v) is 4.46. The van der Waals surface area contributed by atoms with Gasteiger partial charge in [-0.15, -0.1) is 0 Å². The topological polar surface area (TPSA) is 55.4 Å². The average molecular weight is 422 g/mol. The lowest BCUT2D eigenvalue weighted by molar-refractivity contribution is -0.143. The fraction of sp³-hybridized carbons (Fsp3) is 0.455. The van der Waals surface area contributed by atoms with Crippen LogP contribution in [0.25, 0.3) is 0 Å². The van der Waals surface area contributed by atoms with Crippen molar-refractivity contribution in [3.05, 3.63) is 56.3 Å². The predicted octanol–water partition coefficient (Wildman–Crippen LogP) is 5.55. The standard InChI is InChI=1S/C22H25Cl2NO3/c1-11(2)28-21(27)17-12(3)25-15-9-22(4,5)10-16(26)19(15)18(17)13-7-6-8-14(23)20(13)24/h6-8,11,18,25H,9-10H2,1-5H3. The summed E-state index contributed by atoms with van der Waals surface area (Å²) in [5.41, 5.74) is 3.01. The number of dihydropyridines is 1. The second-order valence-corrected chi connectivity index (χ2v) is 9.31. The Morgan fingerprint density at radius 1 is 1.25 bits per heavy atom. The molecule has 0 bridgehead atoms. The van der Waals surface area contributed by atoms with E-state index in [0.717, 1.165) is 5.70 Å². The molecule has 2 aliphatic rings. The number of Topliss-reactive ketones (excluding diaryl/α,β-unsaturated/α-hetero) is 1. The molecule has 1 atom stereocenters. The Hall–Kier alpha value is -1.78. The number of hydrogen-bond donors (Lipinski definition) is 1. The van der Waals surface area contributed by atoms with Crippen molar-refractivity contribution in [2.24, 2.45) is 5.41 Å². The van der Waals surface area contributed by atoms with Crippen molar-refractivity contribution in [3.63, 3.8) is 0 Å². The molecule has 1 heterocycles. The van der Waals surface area contributed by atoms with Crippen LogP contribution in [-0.4, -0.2) is 17.9 Å². The normalized spacial score (nSPS) is 21.6. The van der Waals surface area contributed by atoms with Crippen molar-refractivity contribution in [3.8, 4) is 0 Å². The summed E-state index contributed by atoms with van der Waals surface area (Å²) in [7, 11) is 0. The molecule has 0 saturated heterocycles. The minimum atomic E-state index is -0.600. The Bertz CT molecular complexity index is 912. The van der Waals surface area contributed by atoms with Gasteiger partial charge in [0.05, 0.1) is 21.7 Å². The molecule has 0 radical (unpaired) electrons. The van der Waals surface area contributed by atoms with Gasteiger partial charge in [-0.25, -0.2) is 4.79 Å². The molecule has 1 N–H and O–H groups in total. The van der Waals surface area contributed by atoms with Gasteiger partial charge in [-0.1, -0.05) is 49.2 Å². The fourth-order valence-electron chi connectivity index (χ4n) is 4.04. The highest BCUT2D eigenvalue weighted by atomic mass is 35.5. The molecule has 1 aliphatic carbocycles. The second kappa shape index (κ2) is 7.57.